The molecule has 0 heterocycles. The predicted molar refractivity (Wildman–Crippen MR) is 116 cm³/mol. The third-order valence-electron chi connectivity index (χ3n) is 4.61. The number of benzene rings is 2. The van der Waals surface area contributed by atoms with Crippen molar-refractivity contribution in [2.75, 3.05) is 29.5 Å². The highest BCUT2D eigenvalue weighted by atomic mass is 32.2. The fourth-order valence-electron chi connectivity index (χ4n) is 2.87. The molecule has 0 aromatic heterocycles. The van der Waals surface area contributed by atoms with Crippen molar-refractivity contribution in [3.8, 4) is 5.75 Å². The Morgan fingerprint density at radius 3 is 2.43 bits per heavy atom. The second kappa shape index (κ2) is 9.57. The number of rotatable bonds is 9. The summed E-state index contributed by atoms with van der Waals surface area (Å²) in [5.74, 6) is -0.107. The van der Waals surface area contributed by atoms with Gasteiger partial charge in [-0.1, -0.05) is 6.07 Å². The molecule has 0 aliphatic heterocycles. The molecule has 2 aromatic rings. The number of aryl methyl sites for hydroxylation is 2. The Kier molecular flexibility index (Phi) is 7.38. The first-order valence-electron chi connectivity index (χ1n) is 9.20. The molecular weight excluding hydrogens is 410 g/mol. The first kappa shape index (κ1) is 23.1. The number of hydrogen-bond donors (Lipinski definition) is 1. The summed E-state index contributed by atoms with van der Waals surface area (Å²) in [7, 11) is -2.13. The summed E-state index contributed by atoms with van der Waals surface area (Å²) >= 11 is 0. The van der Waals surface area contributed by atoms with E-state index in [0.29, 0.717) is 11.4 Å². The highest BCUT2D eigenvalue weighted by Gasteiger charge is 2.19. The molecular formula is C20H25N3O6S. The van der Waals surface area contributed by atoms with E-state index in [1.54, 1.807) is 12.1 Å². The van der Waals surface area contributed by atoms with Crippen LogP contribution in [0.15, 0.2) is 36.4 Å². The lowest BCUT2D eigenvalue weighted by Crippen LogP contribution is -2.31. The summed E-state index contributed by atoms with van der Waals surface area (Å²) in [6.07, 6.45) is 1.42. The van der Waals surface area contributed by atoms with E-state index in [1.807, 2.05) is 19.9 Å². The molecule has 0 fully saturated rings. The number of amides is 1. The second-order valence-corrected chi connectivity index (χ2v) is 8.80. The number of carbonyl (C=O) groups is 1. The molecule has 9 nitrogen and oxygen atoms in total. The molecule has 10 heteroatoms. The van der Waals surface area contributed by atoms with Crippen LogP contribution in [0.2, 0.25) is 0 Å². The Bertz CT molecular complexity index is 1050. The van der Waals surface area contributed by atoms with Crippen molar-refractivity contribution in [1.29, 1.82) is 0 Å². The quantitative estimate of drug-likeness (QED) is 0.476. The molecule has 1 N–H and O–H groups in total. The van der Waals surface area contributed by atoms with Crippen LogP contribution in [0.4, 0.5) is 17.1 Å². The highest BCUT2D eigenvalue weighted by Crippen LogP contribution is 2.29. The van der Waals surface area contributed by atoms with Crippen LogP contribution in [0, 0.1) is 24.0 Å². The van der Waals surface area contributed by atoms with Crippen LogP contribution in [0.25, 0.3) is 0 Å². The normalized spacial score (nSPS) is 11.1. The number of ether oxygens (including phenoxy) is 1. The van der Waals surface area contributed by atoms with E-state index in [0.717, 1.165) is 17.4 Å². The lowest BCUT2D eigenvalue weighted by Gasteiger charge is -2.23. The molecule has 30 heavy (non-hydrogen) atoms. The zero-order valence-corrected chi connectivity index (χ0v) is 18.2. The Hall–Kier alpha value is -3.14. The summed E-state index contributed by atoms with van der Waals surface area (Å²) in [5, 5.41) is 13.5. The van der Waals surface area contributed by atoms with Gasteiger partial charge < -0.3 is 10.1 Å². The lowest BCUT2D eigenvalue weighted by atomic mass is 10.1. The van der Waals surface area contributed by atoms with Crippen LogP contribution in [0.5, 0.6) is 5.75 Å². The van der Waals surface area contributed by atoms with E-state index in [-0.39, 0.29) is 30.8 Å². The number of carbonyl (C=O) groups excluding carboxylic acids is 1. The van der Waals surface area contributed by atoms with Gasteiger partial charge in [-0.05, 0) is 49.6 Å². The number of anilines is 2. The zero-order chi connectivity index (χ0) is 22.5. The van der Waals surface area contributed by atoms with E-state index >= 15 is 0 Å². The first-order valence-corrected chi connectivity index (χ1v) is 11.0. The standard InChI is InChI=1S/C20H25N3O6S/c1-14-7-8-16(12-15(14)2)22(30(4,27)28)11-5-6-20(24)21-18-13-17(23(25)26)9-10-19(18)29-3/h7-10,12-13H,5-6,11H2,1-4H3,(H,21,24). The van der Waals surface area contributed by atoms with Gasteiger partial charge in [-0.25, -0.2) is 8.42 Å². The Morgan fingerprint density at radius 2 is 1.87 bits per heavy atom. The van der Waals surface area contributed by atoms with Crippen LogP contribution in [0.1, 0.15) is 24.0 Å². The monoisotopic (exact) mass is 435 g/mol. The van der Waals surface area contributed by atoms with E-state index in [4.69, 9.17) is 4.74 Å². The molecule has 2 rings (SSSR count). The summed E-state index contributed by atoms with van der Waals surface area (Å²) in [5.41, 5.74) is 2.57. The molecule has 0 unspecified atom stereocenters. The summed E-state index contributed by atoms with van der Waals surface area (Å²) in [6.45, 7) is 3.97. The maximum atomic E-state index is 12.3. The maximum absolute atomic E-state index is 12.3. The van der Waals surface area contributed by atoms with Crippen LogP contribution < -0.4 is 14.4 Å². The SMILES string of the molecule is COc1ccc([N+](=O)[O-])cc1NC(=O)CCCN(c1ccc(C)c(C)c1)S(C)(=O)=O. The lowest BCUT2D eigenvalue weighted by molar-refractivity contribution is -0.384. The van der Waals surface area contributed by atoms with Gasteiger partial charge in [0.15, 0.2) is 0 Å². The average Bonchev–Trinajstić information content (AvgIpc) is 2.66. The van der Waals surface area contributed by atoms with Crippen molar-refractivity contribution in [3.05, 3.63) is 57.6 Å². The number of nitrogens with zero attached hydrogens (tertiary/aromatic N) is 2. The third kappa shape index (κ3) is 5.93. The maximum Gasteiger partial charge on any atom is 0.271 e. The Balaban J connectivity index is 2.07. The molecule has 1 amide bonds. The number of non-ortho nitro benzene ring substituents is 1. The molecule has 0 aliphatic carbocycles. The van der Waals surface area contributed by atoms with Crippen LogP contribution >= 0.6 is 0 Å². The smallest absolute Gasteiger partial charge is 0.271 e. The molecule has 0 saturated carbocycles. The van der Waals surface area contributed by atoms with Gasteiger partial charge in [0.25, 0.3) is 5.69 Å². The van der Waals surface area contributed by atoms with E-state index in [2.05, 4.69) is 5.32 Å². The van der Waals surface area contributed by atoms with Gasteiger partial charge in [-0.15, -0.1) is 0 Å². The van der Waals surface area contributed by atoms with E-state index < -0.39 is 20.9 Å². The second-order valence-electron chi connectivity index (χ2n) is 6.90. The van der Waals surface area contributed by atoms with Gasteiger partial charge in [-0.3, -0.25) is 19.2 Å². The number of methoxy groups -OCH3 is 1. The molecule has 0 spiro atoms. The first-order chi connectivity index (χ1) is 14.0. The third-order valence-corrected chi connectivity index (χ3v) is 5.81. The van der Waals surface area contributed by atoms with Crippen molar-refractivity contribution in [2.45, 2.75) is 26.7 Å². The van der Waals surface area contributed by atoms with Gasteiger partial charge >= 0.3 is 0 Å². The van der Waals surface area contributed by atoms with Crippen molar-refractivity contribution in [3.63, 3.8) is 0 Å². The van der Waals surface area contributed by atoms with Crippen molar-refractivity contribution in [1.82, 2.24) is 0 Å². The Labute approximate surface area is 175 Å². The van der Waals surface area contributed by atoms with Crippen LogP contribution in [0.3, 0.4) is 0 Å². The minimum Gasteiger partial charge on any atom is -0.495 e. The van der Waals surface area contributed by atoms with E-state index in [9.17, 15) is 23.3 Å². The predicted octanol–water partition coefficient (Wildman–Crippen LogP) is 3.41. The Morgan fingerprint density at radius 1 is 1.17 bits per heavy atom. The topological polar surface area (TPSA) is 119 Å². The van der Waals surface area contributed by atoms with Crippen LogP contribution in [-0.4, -0.2) is 39.2 Å². The average molecular weight is 436 g/mol. The molecule has 162 valence electrons. The minimum atomic E-state index is -3.52. The van der Waals surface area contributed by atoms with Crippen molar-refractivity contribution in [2.24, 2.45) is 0 Å². The molecule has 0 bridgehead atoms. The van der Waals surface area contributed by atoms with Gasteiger partial charge in [0, 0.05) is 25.1 Å². The van der Waals surface area contributed by atoms with Gasteiger partial charge in [0.2, 0.25) is 15.9 Å². The fraction of sp³-hybridized carbons (Fsp3) is 0.350. The van der Waals surface area contributed by atoms with Gasteiger partial charge in [0.05, 0.1) is 29.7 Å². The molecule has 0 aliphatic rings. The molecule has 0 saturated heterocycles. The van der Waals surface area contributed by atoms with Gasteiger partial charge in [-0.2, -0.15) is 0 Å². The summed E-state index contributed by atoms with van der Waals surface area (Å²) in [4.78, 5) is 22.7. The number of sulfonamides is 1. The number of nitro benzene ring substituents is 1. The highest BCUT2D eigenvalue weighted by molar-refractivity contribution is 7.92. The molecule has 0 radical (unpaired) electrons. The number of nitrogens with one attached hydrogen (secondary N) is 1. The largest absolute Gasteiger partial charge is 0.495 e. The van der Waals surface area contributed by atoms with E-state index in [1.165, 1.54) is 29.6 Å². The summed E-state index contributed by atoms with van der Waals surface area (Å²) in [6, 6.07) is 9.28. The minimum absolute atomic E-state index is 0.0305. The summed E-state index contributed by atoms with van der Waals surface area (Å²) < 4.78 is 30.8. The number of hydrogen-bond acceptors (Lipinski definition) is 6. The number of nitro groups is 1. The van der Waals surface area contributed by atoms with Crippen molar-refractivity contribution >= 4 is 33.0 Å². The molecule has 0 atom stereocenters. The van der Waals surface area contributed by atoms with Crippen LogP contribution in [-0.2, 0) is 14.8 Å². The van der Waals surface area contributed by atoms with Crippen molar-refractivity contribution < 1.29 is 22.9 Å². The fourth-order valence-corrected chi connectivity index (χ4v) is 3.83. The zero-order valence-electron chi connectivity index (χ0n) is 17.3. The van der Waals surface area contributed by atoms with Gasteiger partial charge in [0.1, 0.15) is 5.75 Å². The molecule has 2 aromatic carbocycles.